The van der Waals surface area contributed by atoms with Gasteiger partial charge in [0.15, 0.2) is 17.9 Å². The molecule has 6 N–H and O–H groups in total. The summed E-state index contributed by atoms with van der Waals surface area (Å²) < 4.78 is 17.3. The summed E-state index contributed by atoms with van der Waals surface area (Å²) in [6, 6.07) is 3.44. The molecule has 14 heteroatoms. The number of hydrogen-bond acceptors (Lipinski definition) is 13. The van der Waals surface area contributed by atoms with Gasteiger partial charge < -0.3 is 49.9 Å². The molecule has 1 amide bonds. The molecule has 1 heterocycles. The maximum atomic E-state index is 13.8. The first-order valence-corrected chi connectivity index (χ1v) is 15.2. The van der Waals surface area contributed by atoms with Crippen molar-refractivity contribution in [1.29, 1.82) is 0 Å². The first-order chi connectivity index (χ1) is 22.2. The Balaban J connectivity index is 1.54. The summed E-state index contributed by atoms with van der Waals surface area (Å²) in [6.07, 6.45) is -5.42. The largest absolute Gasteiger partial charge is 0.507 e. The van der Waals surface area contributed by atoms with E-state index >= 15 is 0 Å². The van der Waals surface area contributed by atoms with Crippen molar-refractivity contribution >= 4 is 29.0 Å². The molecular weight excluding hydrogens is 618 g/mol. The van der Waals surface area contributed by atoms with Crippen molar-refractivity contribution in [2.24, 2.45) is 0 Å². The number of ketones is 4. The second-order valence-electron chi connectivity index (χ2n) is 12.2. The predicted octanol–water partition coefficient (Wildman–Crippen LogP) is 0.918. The lowest BCUT2D eigenvalue weighted by molar-refractivity contribution is -0.249. The maximum Gasteiger partial charge on any atom is 0.220 e. The van der Waals surface area contributed by atoms with Crippen LogP contribution in [-0.2, 0) is 30.3 Å². The minimum atomic E-state index is -2.32. The molecule has 0 radical (unpaired) electrons. The first-order valence-electron chi connectivity index (χ1n) is 15.2. The highest BCUT2D eigenvalue weighted by Gasteiger charge is 2.50. The molecule has 2 aromatic carbocycles. The van der Waals surface area contributed by atoms with Gasteiger partial charge in [-0.1, -0.05) is 12.1 Å². The number of amides is 1. The fourth-order valence-corrected chi connectivity index (χ4v) is 6.64. The summed E-state index contributed by atoms with van der Waals surface area (Å²) in [7, 11) is 1.31. The molecule has 2 aromatic rings. The number of phenolic OH excluding ortho intramolecular Hbond substituents is 2. The Labute approximate surface area is 269 Å². The van der Waals surface area contributed by atoms with Gasteiger partial charge >= 0.3 is 0 Å². The quantitative estimate of drug-likeness (QED) is 0.167. The number of methoxy groups -OCH3 is 1. The average Bonchev–Trinajstić information content (AvgIpc) is 3.02. The zero-order chi connectivity index (χ0) is 34.4. The number of hydrogen-bond donors (Lipinski definition) is 6. The SMILES string of the molecule is COc1cccc2c1C(=O)c1c(O)c3c(c(O)c1C2=O)C[C@@](O)(C(=O)CO)C[C@@H]3OC1CC(NC(=O)CCCC(C)=O)C(O)C(C)O1. The molecule has 2 aliphatic carbocycles. The number of phenols is 2. The van der Waals surface area contributed by atoms with Gasteiger partial charge in [0.2, 0.25) is 11.7 Å². The number of benzene rings is 2. The highest BCUT2D eigenvalue weighted by atomic mass is 16.7. The van der Waals surface area contributed by atoms with Crippen LogP contribution in [0.3, 0.4) is 0 Å². The molecule has 252 valence electrons. The Morgan fingerprint density at radius 2 is 1.77 bits per heavy atom. The lowest BCUT2D eigenvalue weighted by Gasteiger charge is -2.43. The monoisotopic (exact) mass is 655 g/mol. The third-order valence-electron chi connectivity index (χ3n) is 9.04. The van der Waals surface area contributed by atoms with Crippen molar-refractivity contribution in [2.75, 3.05) is 13.7 Å². The summed E-state index contributed by atoms with van der Waals surface area (Å²) in [5.41, 5.74) is -3.99. The molecule has 47 heavy (non-hydrogen) atoms. The summed E-state index contributed by atoms with van der Waals surface area (Å²) in [6.45, 7) is 1.88. The highest BCUT2D eigenvalue weighted by Crippen LogP contribution is 2.52. The highest BCUT2D eigenvalue weighted by molar-refractivity contribution is 6.31. The zero-order valence-electron chi connectivity index (χ0n) is 26.1. The Morgan fingerprint density at radius 3 is 2.43 bits per heavy atom. The van der Waals surface area contributed by atoms with Gasteiger partial charge in [0.1, 0.15) is 41.3 Å². The smallest absolute Gasteiger partial charge is 0.220 e. The number of rotatable bonds is 10. The van der Waals surface area contributed by atoms with Gasteiger partial charge in [-0.3, -0.25) is 19.2 Å². The van der Waals surface area contributed by atoms with E-state index in [0.29, 0.717) is 6.42 Å². The molecule has 5 rings (SSSR count). The Bertz CT molecular complexity index is 1650. The van der Waals surface area contributed by atoms with Crippen LogP contribution >= 0.6 is 0 Å². The van der Waals surface area contributed by atoms with Crippen LogP contribution in [0.4, 0.5) is 0 Å². The van der Waals surface area contributed by atoms with E-state index in [-0.39, 0.29) is 53.0 Å². The van der Waals surface area contributed by atoms with E-state index in [1.165, 1.54) is 39.2 Å². The number of carbonyl (C=O) groups is 5. The van der Waals surface area contributed by atoms with E-state index in [0.717, 1.165) is 0 Å². The third-order valence-corrected chi connectivity index (χ3v) is 9.04. The minimum absolute atomic E-state index is 0.0365. The molecule has 3 aliphatic rings. The minimum Gasteiger partial charge on any atom is -0.507 e. The lowest BCUT2D eigenvalue weighted by atomic mass is 9.72. The van der Waals surface area contributed by atoms with Gasteiger partial charge in [-0.2, -0.15) is 0 Å². The zero-order valence-corrected chi connectivity index (χ0v) is 26.1. The van der Waals surface area contributed by atoms with Crippen molar-refractivity contribution in [1.82, 2.24) is 5.32 Å². The van der Waals surface area contributed by atoms with Crippen LogP contribution < -0.4 is 10.1 Å². The molecule has 6 atom stereocenters. The summed E-state index contributed by atoms with van der Waals surface area (Å²) >= 11 is 0. The van der Waals surface area contributed by atoms with E-state index in [1.54, 1.807) is 0 Å². The van der Waals surface area contributed by atoms with Crippen LogP contribution in [0.2, 0.25) is 0 Å². The topological polar surface area (TPSA) is 226 Å². The van der Waals surface area contributed by atoms with Gasteiger partial charge in [-0.25, -0.2) is 0 Å². The van der Waals surface area contributed by atoms with Crippen LogP contribution in [0.1, 0.15) is 95.0 Å². The van der Waals surface area contributed by atoms with Gasteiger partial charge in [0.25, 0.3) is 0 Å². The fraction of sp³-hybridized carbons (Fsp3) is 0.485. The number of carbonyl (C=O) groups excluding carboxylic acids is 5. The number of aromatic hydroxyl groups is 2. The number of aliphatic hydroxyl groups is 3. The molecule has 4 unspecified atom stereocenters. The predicted molar refractivity (Wildman–Crippen MR) is 160 cm³/mol. The van der Waals surface area contributed by atoms with Gasteiger partial charge in [0.05, 0.1) is 42.0 Å². The van der Waals surface area contributed by atoms with Gasteiger partial charge in [0, 0.05) is 48.8 Å². The van der Waals surface area contributed by atoms with E-state index in [1.807, 2.05) is 0 Å². The van der Waals surface area contributed by atoms with Crippen molar-refractivity contribution in [3.05, 3.63) is 51.6 Å². The van der Waals surface area contributed by atoms with E-state index in [9.17, 15) is 49.5 Å². The van der Waals surface area contributed by atoms with Gasteiger partial charge in [-0.15, -0.1) is 0 Å². The Morgan fingerprint density at radius 1 is 1.06 bits per heavy atom. The second kappa shape index (κ2) is 13.1. The van der Waals surface area contributed by atoms with Gasteiger partial charge in [-0.05, 0) is 26.3 Å². The average molecular weight is 656 g/mol. The molecular formula is C33H37NO13. The van der Waals surface area contributed by atoms with E-state index in [2.05, 4.69) is 5.32 Å². The van der Waals surface area contributed by atoms with Crippen molar-refractivity contribution in [3.63, 3.8) is 0 Å². The summed E-state index contributed by atoms with van der Waals surface area (Å²) in [4.78, 5) is 64.1. The van der Waals surface area contributed by atoms with Crippen LogP contribution in [0.5, 0.6) is 17.2 Å². The van der Waals surface area contributed by atoms with Crippen LogP contribution in [0, 0.1) is 0 Å². The molecule has 0 bridgehead atoms. The Kier molecular flexibility index (Phi) is 9.53. The van der Waals surface area contributed by atoms with Crippen molar-refractivity contribution in [3.8, 4) is 17.2 Å². The molecule has 1 fully saturated rings. The third kappa shape index (κ3) is 6.14. The molecule has 0 saturated carbocycles. The molecule has 1 aliphatic heterocycles. The number of ether oxygens (including phenoxy) is 3. The van der Waals surface area contributed by atoms with E-state index in [4.69, 9.17) is 14.2 Å². The number of Topliss-reactive ketones (excluding diaryl/α,β-unsaturated/α-hetero) is 2. The molecule has 14 nitrogen and oxygen atoms in total. The second-order valence-corrected chi connectivity index (χ2v) is 12.2. The van der Waals surface area contributed by atoms with Crippen LogP contribution in [-0.4, -0.2) is 98.4 Å². The number of aliphatic hydroxyl groups excluding tert-OH is 2. The molecule has 1 saturated heterocycles. The molecule has 0 aromatic heterocycles. The van der Waals surface area contributed by atoms with Crippen molar-refractivity contribution in [2.45, 2.75) is 88.6 Å². The van der Waals surface area contributed by atoms with E-state index < -0.39 is 102 Å². The lowest BCUT2D eigenvalue weighted by Crippen LogP contribution is -2.55. The normalized spacial score (nSPS) is 26.6. The standard InChI is InChI=1S/C33H37NO13/c1-14(36)6-4-9-22(38)34-18-10-23(46-15(2)28(18)39)47-20-12-33(44,21(37)13-35)11-17-25(20)32(43)27-26(30(17)41)29(40)16-7-5-8-19(45-3)24(16)31(27)42/h5,7-8,15,18,20,23,28,35,39,41,43-44H,4,6,9-13H2,1-3H3,(H,34,38)/t15?,18?,20-,23?,28?,33-/m0/s1. The maximum absolute atomic E-state index is 13.8. The molecule has 0 spiro atoms. The summed E-state index contributed by atoms with van der Waals surface area (Å²) in [5, 5.41) is 57.7. The van der Waals surface area contributed by atoms with Crippen molar-refractivity contribution < 1.29 is 63.7 Å². The van der Waals surface area contributed by atoms with Crippen LogP contribution in [0.25, 0.3) is 0 Å². The Hall–Kier alpha value is -4.21. The first kappa shape index (κ1) is 34.1. The fourth-order valence-electron chi connectivity index (χ4n) is 6.64. The van der Waals surface area contributed by atoms with Crippen LogP contribution in [0.15, 0.2) is 18.2 Å². The number of fused-ring (bicyclic) bond motifs is 3. The summed E-state index contributed by atoms with van der Waals surface area (Å²) in [5.74, 6) is -4.51. The number of nitrogens with one attached hydrogen (secondary N) is 1.